The average Bonchev–Trinajstić information content (AvgIpc) is 2.52. The number of fused-ring (bicyclic) bond motifs is 1. The standard InChI is InChI=1S/C15H18N2O/c1-7-10-8-11(15(2,3)4)9-12-13(10)17(6)14(18)16(12)5/h1,8-9H,2-6H3. The molecule has 2 rings (SSSR count). The van der Waals surface area contributed by atoms with Gasteiger partial charge in [0.15, 0.2) is 0 Å². The van der Waals surface area contributed by atoms with Gasteiger partial charge < -0.3 is 0 Å². The Morgan fingerprint density at radius 2 is 1.78 bits per heavy atom. The zero-order valence-electron chi connectivity index (χ0n) is 11.5. The van der Waals surface area contributed by atoms with E-state index in [4.69, 9.17) is 6.42 Å². The van der Waals surface area contributed by atoms with E-state index in [1.165, 1.54) is 0 Å². The van der Waals surface area contributed by atoms with Crippen LogP contribution in [0.1, 0.15) is 31.9 Å². The van der Waals surface area contributed by atoms with Gasteiger partial charge in [-0.05, 0) is 23.1 Å². The molecular weight excluding hydrogens is 224 g/mol. The van der Waals surface area contributed by atoms with Crippen LogP contribution in [0.3, 0.4) is 0 Å². The van der Waals surface area contributed by atoms with Crippen molar-refractivity contribution in [2.75, 3.05) is 0 Å². The Bertz CT molecular complexity index is 718. The molecule has 2 aromatic rings. The molecule has 0 fully saturated rings. The molecule has 0 aliphatic heterocycles. The van der Waals surface area contributed by atoms with Crippen LogP contribution in [0.5, 0.6) is 0 Å². The van der Waals surface area contributed by atoms with Crippen molar-refractivity contribution in [2.45, 2.75) is 26.2 Å². The topological polar surface area (TPSA) is 26.9 Å². The molecule has 94 valence electrons. The highest BCUT2D eigenvalue weighted by Crippen LogP contribution is 2.27. The Hall–Kier alpha value is -1.95. The summed E-state index contributed by atoms with van der Waals surface area (Å²) in [6.45, 7) is 6.40. The van der Waals surface area contributed by atoms with E-state index in [-0.39, 0.29) is 11.1 Å². The van der Waals surface area contributed by atoms with Gasteiger partial charge in [-0.15, -0.1) is 6.42 Å². The SMILES string of the molecule is C#Cc1cc(C(C)(C)C)cc2c1n(C)c(=O)n2C. The summed E-state index contributed by atoms with van der Waals surface area (Å²) < 4.78 is 3.25. The Balaban J connectivity index is 3.00. The van der Waals surface area contributed by atoms with Gasteiger partial charge in [-0.1, -0.05) is 26.7 Å². The molecule has 1 aromatic heterocycles. The third kappa shape index (κ3) is 1.65. The van der Waals surface area contributed by atoms with E-state index in [1.54, 1.807) is 23.2 Å². The van der Waals surface area contributed by atoms with Crippen molar-refractivity contribution >= 4 is 11.0 Å². The van der Waals surface area contributed by atoms with E-state index in [1.807, 2.05) is 6.07 Å². The zero-order chi connectivity index (χ0) is 13.7. The maximum atomic E-state index is 12.0. The summed E-state index contributed by atoms with van der Waals surface area (Å²) in [5.41, 5.74) is 3.60. The summed E-state index contributed by atoms with van der Waals surface area (Å²) in [6.07, 6.45) is 5.58. The van der Waals surface area contributed by atoms with Gasteiger partial charge in [0.1, 0.15) is 0 Å². The summed E-state index contributed by atoms with van der Waals surface area (Å²) in [7, 11) is 3.53. The molecule has 0 spiro atoms. The van der Waals surface area contributed by atoms with Crippen molar-refractivity contribution in [1.82, 2.24) is 9.13 Å². The number of hydrogen-bond acceptors (Lipinski definition) is 1. The smallest absolute Gasteiger partial charge is 0.295 e. The molecule has 0 unspecified atom stereocenters. The van der Waals surface area contributed by atoms with Crippen molar-refractivity contribution < 1.29 is 0 Å². The molecule has 1 aromatic carbocycles. The number of terminal acetylenes is 1. The number of imidazole rings is 1. The maximum absolute atomic E-state index is 12.0. The Labute approximate surface area is 107 Å². The van der Waals surface area contributed by atoms with Crippen LogP contribution in [0.25, 0.3) is 11.0 Å². The molecule has 0 aliphatic rings. The van der Waals surface area contributed by atoms with E-state index in [0.29, 0.717) is 0 Å². The van der Waals surface area contributed by atoms with Crippen LogP contribution in [-0.4, -0.2) is 9.13 Å². The van der Waals surface area contributed by atoms with Gasteiger partial charge in [0.25, 0.3) is 0 Å². The lowest BCUT2D eigenvalue weighted by Gasteiger charge is -2.19. The number of hydrogen-bond donors (Lipinski definition) is 0. The van der Waals surface area contributed by atoms with Gasteiger partial charge in [0.05, 0.1) is 16.6 Å². The summed E-state index contributed by atoms with van der Waals surface area (Å²) in [5.74, 6) is 2.69. The van der Waals surface area contributed by atoms with Gasteiger partial charge in [0, 0.05) is 14.1 Å². The molecule has 0 atom stereocenters. The molecule has 0 amide bonds. The average molecular weight is 242 g/mol. The minimum absolute atomic E-state index is 0.00563. The fraction of sp³-hybridized carbons (Fsp3) is 0.400. The zero-order valence-corrected chi connectivity index (χ0v) is 11.5. The van der Waals surface area contributed by atoms with Crippen LogP contribution in [0.4, 0.5) is 0 Å². The van der Waals surface area contributed by atoms with Crippen LogP contribution >= 0.6 is 0 Å². The third-order valence-corrected chi connectivity index (χ3v) is 3.38. The normalized spacial score (nSPS) is 11.8. The summed E-state index contributed by atoms with van der Waals surface area (Å²) in [5, 5.41) is 0. The summed E-state index contributed by atoms with van der Waals surface area (Å²) in [6, 6.07) is 4.05. The molecule has 0 aliphatic carbocycles. The van der Waals surface area contributed by atoms with E-state index >= 15 is 0 Å². The number of nitrogens with zero attached hydrogens (tertiary/aromatic N) is 2. The largest absolute Gasteiger partial charge is 0.328 e. The molecule has 0 N–H and O–H groups in total. The molecule has 18 heavy (non-hydrogen) atoms. The highest BCUT2D eigenvalue weighted by Gasteiger charge is 2.19. The van der Waals surface area contributed by atoms with Gasteiger partial charge in [-0.2, -0.15) is 0 Å². The van der Waals surface area contributed by atoms with Crippen LogP contribution in [0, 0.1) is 12.3 Å². The van der Waals surface area contributed by atoms with Crippen LogP contribution < -0.4 is 5.69 Å². The second-order valence-electron chi connectivity index (χ2n) is 5.69. The number of aryl methyl sites for hydroxylation is 2. The lowest BCUT2D eigenvalue weighted by Crippen LogP contribution is -2.19. The van der Waals surface area contributed by atoms with Crippen molar-refractivity contribution in [1.29, 1.82) is 0 Å². The van der Waals surface area contributed by atoms with Gasteiger partial charge in [-0.3, -0.25) is 9.13 Å². The van der Waals surface area contributed by atoms with Gasteiger partial charge >= 0.3 is 5.69 Å². The third-order valence-electron chi connectivity index (χ3n) is 3.38. The Morgan fingerprint density at radius 3 is 2.28 bits per heavy atom. The first kappa shape index (κ1) is 12.5. The highest BCUT2D eigenvalue weighted by atomic mass is 16.1. The first-order valence-electron chi connectivity index (χ1n) is 5.94. The minimum Gasteiger partial charge on any atom is -0.295 e. The number of rotatable bonds is 0. The fourth-order valence-electron chi connectivity index (χ4n) is 2.19. The van der Waals surface area contributed by atoms with Crippen molar-refractivity contribution in [3.05, 3.63) is 33.7 Å². The molecule has 0 bridgehead atoms. The summed E-state index contributed by atoms with van der Waals surface area (Å²) >= 11 is 0. The fourth-order valence-corrected chi connectivity index (χ4v) is 2.19. The molecule has 0 saturated heterocycles. The van der Waals surface area contributed by atoms with E-state index in [9.17, 15) is 4.79 Å². The van der Waals surface area contributed by atoms with Crippen molar-refractivity contribution in [2.24, 2.45) is 14.1 Å². The molecule has 3 heteroatoms. The Morgan fingerprint density at radius 1 is 1.17 bits per heavy atom. The van der Waals surface area contributed by atoms with Gasteiger partial charge in [0.2, 0.25) is 0 Å². The molecule has 3 nitrogen and oxygen atoms in total. The molecule has 1 heterocycles. The first-order chi connectivity index (χ1) is 8.27. The second kappa shape index (κ2) is 3.78. The van der Waals surface area contributed by atoms with Crippen LogP contribution in [-0.2, 0) is 19.5 Å². The lowest BCUT2D eigenvalue weighted by molar-refractivity contribution is 0.590. The number of aromatic nitrogens is 2. The molecular formula is C15H18N2O. The Kier molecular flexibility index (Phi) is 2.62. The second-order valence-corrected chi connectivity index (χ2v) is 5.69. The predicted molar refractivity (Wildman–Crippen MR) is 74.8 cm³/mol. The first-order valence-corrected chi connectivity index (χ1v) is 5.94. The molecule has 0 saturated carbocycles. The van der Waals surface area contributed by atoms with Crippen LogP contribution in [0.15, 0.2) is 16.9 Å². The van der Waals surface area contributed by atoms with Gasteiger partial charge in [-0.25, -0.2) is 4.79 Å². The maximum Gasteiger partial charge on any atom is 0.328 e. The van der Waals surface area contributed by atoms with Crippen molar-refractivity contribution in [3.8, 4) is 12.3 Å². The quantitative estimate of drug-likeness (QED) is 0.650. The molecule has 0 radical (unpaired) electrons. The predicted octanol–water partition coefficient (Wildman–Crippen LogP) is 2.16. The van der Waals surface area contributed by atoms with E-state index < -0.39 is 0 Å². The monoisotopic (exact) mass is 242 g/mol. The highest BCUT2D eigenvalue weighted by molar-refractivity contribution is 5.83. The lowest BCUT2D eigenvalue weighted by atomic mass is 9.86. The van der Waals surface area contributed by atoms with E-state index in [2.05, 4.69) is 32.8 Å². The van der Waals surface area contributed by atoms with E-state index in [0.717, 1.165) is 22.2 Å². The van der Waals surface area contributed by atoms with Crippen molar-refractivity contribution in [3.63, 3.8) is 0 Å². The summed E-state index contributed by atoms with van der Waals surface area (Å²) in [4.78, 5) is 12.0. The minimum atomic E-state index is -0.0486. The van der Waals surface area contributed by atoms with Crippen LogP contribution in [0.2, 0.25) is 0 Å². The number of benzene rings is 1.